The molecule has 29 heavy (non-hydrogen) atoms. The Bertz CT molecular complexity index is 1110. The van der Waals surface area contributed by atoms with E-state index in [1.165, 1.54) is 5.56 Å². The topological polar surface area (TPSA) is 134 Å². The highest BCUT2D eigenvalue weighted by atomic mass is 32.2. The number of hydrogen-bond donors (Lipinski definition) is 3. The van der Waals surface area contributed by atoms with Gasteiger partial charge in [-0.05, 0) is 30.5 Å². The maximum Gasteiger partial charge on any atom is 0.325 e. The van der Waals surface area contributed by atoms with E-state index >= 15 is 0 Å². The Morgan fingerprint density at radius 3 is 2.55 bits per heavy atom. The molecule has 3 N–H and O–H groups in total. The molecule has 152 valence electrons. The maximum absolute atomic E-state index is 12.1. The summed E-state index contributed by atoms with van der Waals surface area (Å²) < 4.78 is 5.49. The number of benzene rings is 1. The number of carbonyl (C=O) groups excluding carboxylic acids is 1. The van der Waals surface area contributed by atoms with Crippen molar-refractivity contribution in [3.8, 4) is 0 Å². The number of amides is 1. The highest BCUT2D eigenvalue weighted by Crippen LogP contribution is 2.19. The van der Waals surface area contributed by atoms with Gasteiger partial charge in [0.1, 0.15) is 0 Å². The smallest absolute Gasteiger partial charge is 0.325 e. The van der Waals surface area contributed by atoms with E-state index < -0.39 is 11.2 Å². The van der Waals surface area contributed by atoms with Crippen molar-refractivity contribution >= 4 is 23.4 Å². The number of carbonyl (C=O) groups is 1. The predicted molar refractivity (Wildman–Crippen MR) is 109 cm³/mol. The fraction of sp³-hybridized carbons (Fsp3) is 0.316. The molecule has 10 heteroatoms. The molecule has 0 bridgehead atoms. The summed E-state index contributed by atoms with van der Waals surface area (Å²) in [5.74, 6) is 0.557. The van der Waals surface area contributed by atoms with Crippen LogP contribution < -0.4 is 16.6 Å². The molecule has 2 heterocycles. The van der Waals surface area contributed by atoms with Gasteiger partial charge < -0.3 is 14.7 Å². The minimum atomic E-state index is -0.567. The number of aromatic nitrogens is 4. The Morgan fingerprint density at radius 1 is 1.17 bits per heavy atom. The molecule has 0 fully saturated rings. The van der Waals surface area contributed by atoms with Gasteiger partial charge in [0.25, 0.3) is 10.8 Å². The van der Waals surface area contributed by atoms with Crippen molar-refractivity contribution in [1.29, 1.82) is 0 Å². The van der Waals surface area contributed by atoms with Crippen LogP contribution in [0.5, 0.6) is 0 Å². The van der Waals surface area contributed by atoms with Crippen LogP contribution in [0.15, 0.2) is 43.5 Å². The van der Waals surface area contributed by atoms with Gasteiger partial charge in [-0.1, -0.05) is 37.7 Å². The first kappa shape index (κ1) is 20.6. The SMILES string of the molecule is Cc1[nH]c(=O)[nH]c(=O)c1Cc1nnc(SCC(=O)Nc2ccc(C(C)C)cc2)o1. The highest BCUT2D eigenvalue weighted by molar-refractivity contribution is 7.99. The lowest BCUT2D eigenvalue weighted by molar-refractivity contribution is -0.113. The second-order valence-corrected chi connectivity index (χ2v) is 7.69. The third kappa shape index (κ3) is 5.44. The number of hydrogen-bond acceptors (Lipinski definition) is 7. The zero-order valence-corrected chi connectivity index (χ0v) is 17.1. The van der Waals surface area contributed by atoms with E-state index in [9.17, 15) is 14.4 Å². The monoisotopic (exact) mass is 415 g/mol. The second kappa shape index (κ2) is 8.91. The molecule has 0 spiro atoms. The van der Waals surface area contributed by atoms with Crippen molar-refractivity contribution in [2.75, 3.05) is 11.1 Å². The van der Waals surface area contributed by atoms with Gasteiger partial charge in [-0.3, -0.25) is 14.6 Å². The largest absolute Gasteiger partial charge is 0.416 e. The molecule has 1 aromatic carbocycles. The van der Waals surface area contributed by atoms with E-state index in [0.29, 0.717) is 17.2 Å². The number of aromatic amines is 2. The molecule has 0 atom stereocenters. The molecule has 3 aromatic rings. The lowest BCUT2D eigenvalue weighted by Crippen LogP contribution is -2.27. The molecule has 0 aliphatic heterocycles. The number of nitrogens with one attached hydrogen (secondary N) is 3. The molecular weight excluding hydrogens is 394 g/mol. The van der Waals surface area contributed by atoms with Crippen LogP contribution in [-0.4, -0.2) is 31.8 Å². The third-order valence-electron chi connectivity index (χ3n) is 4.22. The summed E-state index contributed by atoms with van der Waals surface area (Å²) in [5.41, 5.74) is 1.64. The number of thioether (sulfide) groups is 1. The quantitative estimate of drug-likeness (QED) is 0.504. The average Bonchev–Trinajstić information content (AvgIpc) is 3.11. The third-order valence-corrected chi connectivity index (χ3v) is 5.04. The summed E-state index contributed by atoms with van der Waals surface area (Å²) in [6.07, 6.45) is 0.0832. The Morgan fingerprint density at radius 2 is 1.90 bits per heavy atom. The number of H-pyrrole nitrogens is 2. The molecule has 0 radical (unpaired) electrons. The molecule has 9 nitrogen and oxygen atoms in total. The summed E-state index contributed by atoms with van der Waals surface area (Å²) in [4.78, 5) is 39.9. The maximum atomic E-state index is 12.1. The van der Waals surface area contributed by atoms with Crippen molar-refractivity contribution < 1.29 is 9.21 Å². The molecule has 2 aromatic heterocycles. The minimum absolute atomic E-state index is 0.0832. The summed E-state index contributed by atoms with van der Waals surface area (Å²) in [6, 6.07) is 7.70. The zero-order chi connectivity index (χ0) is 21.0. The van der Waals surface area contributed by atoms with E-state index in [1.807, 2.05) is 24.3 Å². The molecule has 0 unspecified atom stereocenters. The normalized spacial score (nSPS) is 11.0. The van der Waals surface area contributed by atoms with Crippen LogP contribution in [0.2, 0.25) is 0 Å². The van der Waals surface area contributed by atoms with E-state index in [1.54, 1.807) is 6.92 Å². The van der Waals surface area contributed by atoms with Gasteiger partial charge >= 0.3 is 5.69 Å². The van der Waals surface area contributed by atoms with Crippen LogP contribution in [0.4, 0.5) is 5.69 Å². The van der Waals surface area contributed by atoms with E-state index in [-0.39, 0.29) is 29.2 Å². The Hall–Kier alpha value is -3.14. The van der Waals surface area contributed by atoms with E-state index in [0.717, 1.165) is 17.4 Å². The van der Waals surface area contributed by atoms with Crippen LogP contribution >= 0.6 is 11.8 Å². The van der Waals surface area contributed by atoms with Crippen LogP contribution in [0.1, 0.15) is 42.5 Å². The molecule has 1 amide bonds. The van der Waals surface area contributed by atoms with Gasteiger partial charge in [0.15, 0.2) is 0 Å². The molecule has 0 saturated heterocycles. The van der Waals surface area contributed by atoms with Crippen molar-refractivity contribution in [3.63, 3.8) is 0 Å². The molecule has 0 aliphatic carbocycles. The fourth-order valence-corrected chi connectivity index (χ4v) is 3.21. The summed E-state index contributed by atoms with van der Waals surface area (Å²) in [7, 11) is 0. The Labute approximate surface area is 170 Å². The molecular formula is C19H21N5O4S. The fourth-order valence-electron chi connectivity index (χ4n) is 2.63. The van der Waals surface area contributed by atoms with Crippen LogP contribution in [0.3, 0.4) is 0 Å². The summed E-state index contributed by atoms with van der Waals surface area (Å²) >= 11 is 1.10. The van der Waals surface area contributed by atoms with Gasteiger partial charge in [0, 0.05) is 16.9 Å². The van der Waals surface area contributed by atoms with Crippen LogP contribution in [0.25, 0.3) is 0 Å². The van der Waals surface area contributed by atoms with Crippen LogP contribution in [-0.2, 0) is 11.2 Å². The molecule has 0 saturated carbocycles. The molecule has 0 aliphatic rings. The van der Waals surface area contributed by atoms with Crippen molar-refractivity contribution in [1.82, 2.24) is 20.2 Å². The van der Waals surface area contributed by atoms with Gasteiger partial charge in [0.05, 0.1) is 12.2 Å². The minimum Gasteiger partial charge on any atom is -0.416 e. The summed E-state index contributed by atoms with van der Waals surface area (Å²) in [5, 5.41) is 10.8. The van der Waals surface area contributed by atoms with Gasteiger partial charge in [-0.15, -0.1) is 10.2 Å². The van der Waals surface area contributed by atoms with Gasteiger partial charge in [0.2, 0.25) is 11.8 Å². The van der Waals surface area contributed by atoms with Crippen molar-refractivity contribution in [2.45, 2.75) is 38.3 Å². The number of nitrogens with zero attached hydrogens (tertiary/aromatic N) is 2. The first-order valence-electron chi connectivity index (χ1n) is 8.99. The number of anilines is 1. The first-order chi connectivity index (χ1) is 13.8. The first-order valence-corrected chi connectivity index (χ1v) is 9.97. The Balaban J connectivity index is 1.56. The van der Waals surface area contributed by atoms with Gasteiger partial charge in [-0.2, -0.15) is 0 Å². The molecule has 3 rings (SSSR count). The average molecular weight is 415 g/mol. The lowest BCUT2D eigenvalue weighted by atomic mass is 10.0. The van der Waals surface area contributed by atoms with Gasteiger partial charge in [-0.25, -0.2) is 4.79 Å². The van der Waals surface area contributed by atoms with Crippen molar-refractivity contribution in [2.24, 2.45) is 0 Å². The van der Waals surface area contributed by atoms with Crippen molar-refractivity contribution in [3.05, 3.63) is 67.8 Å². The van der Waals surface area contributed by atoms with E-state index in [2.05, 4.69) is 39.3 Å². The van der Waals surface area contributed by atoms with E-state index in [4.69, 9.17) is 4.42 Å². The predicted octanol–water partition coefficient (Wildman–Crippen LogP) is 2.20. The summed E-state index contributed by atoms with van der Waals surface area (Å²) in [6.45, 7) is 5.84. The number of aryl methyl sites for hydroxylation is 1. The van der Waals surface area contributed by atoms with Crippen LogP contribution in [0, 0.1) is 6.92 Å². The number of rotatable bonds is 7. The standard InChI is InChI=1S/C19H21N5O4S/c1-10(2)12-4-6-13(7-5-12)21-15(25)9-29-19-24-23-16(28-19)8-14-11(3)20-18(27)22-17(14)26/h4-7,10H,8-9H2,1-3H3,(H,21,25)(H2,20,22,26,27). The second-order valence-electron chi connectivity index (χ2n) is 6.76. The Kier molecular flexibility index (Phi) is 6.32. The lowest BCUT2D eigenvalue weighted by Gasteiger charge is -2.07. The highest BCUT2D eigenvalue weighted by Gasteiger charge is 2.14. The zero-order valence-electron chi connectivity index (χ0n) is 16.2.